The molecule has 0 saturated heterocycles. The average Bonchev–Trinajstić information content (AvgIpc) is 2.42. The van der Waals surface area contributed by atoms with Crippen LogP contribution in [0.1, 0.15) is 22.8 Å². The molecular weight excluding hydrogens is 367 g/mol. The number of halogens is 1. The molecule has 6 heteroatoms. The minimum absolute atomic E-state index is 0. The van der Waals surface area contributed by atoms with Crippen molar-refractivity contribution in [3.63, 3.8) is 0 Å². The van der Waals surface area contributed by atoms with Gasteiger partial charge in [0.25, 0.3) is 5.91 Å². The molecule has 110 valence electrons. The van der Waals surface area contributed by atoms with Gasteiger partial charge >= 0.3 is 0 Å². The van der Waals surface area contributed by atoms with Crippen molar-refractivity contribution in [3.05, 3.63) is 47.5 Å². The molecule has 0 fully saturated rings. The van der Waals surface area contributed by atoms with Crippen LogP contribution in [0, 0.1) is 0 Å². The Kier molecular flexibility index (Phi) is 8.62. The van der Waals surface area contributed by atoms with Crippen molar-refractivity contribution in [1.82, 2.24) is 10.6 Å². The Hall–Kier alpha value is -1.57. The van der Waals surface area contributed by atoms with Crippen molar-refractivity contribution in [2.24, 2.45) is 10.7 Å². The summed E-state index contributed by atoms with van der Waals surface area (Å²) < 4.78 is 0. The van der Waals surface area contributed by atoms with Crippen LogP contribution < -0.4 is 16.4 Å². The number of carbonyl (C=O) groups is 1. The number of carbonyl (C=O) groups excluding carboxylic acids is 1. The number of benzene rings is 1. The number of rotatable bonds is 5. The van der Waals surface area contributed by atoms with Crippen molar-refractivity contribution >= 4 is 35.8 Å². The zero-order valence-corrected chi connectivity index (χ0v) is 14.1. The summed E-state index contributed by atoms with van der Waals surface area (Å²) in [5, 5.41) is 5.53. The molecule has 0 saturated carbocycles. The molecule has 0 spiro atoms. The first-order valence-electron chi connectivity index (χ1n) is 6.02. The SMILES string of the molecule is C=C(C)CNC(N)=NCc1cccc(C(=O)NC)c1.I. The highest BCUT2D eigenvalue weighted by Crippen LogP contribution is 2.06. The topological polar surface area (TPSA) is 79.5 Å². The maximum Gasteiger partial charge on any atom is 0.251 e. The second-order valence-electron chi connectivity index (χ2n) is 4.29. The Bertz CT molecular complexity index is 500. The van der Waals surface area contributed by atoms with Gasteiger partial charge in [0.05, 0.1) is 6.54 Å². The first kappa shape index (κ1) is 18.4. The van der Waals surface area contributed by atoms with Gasteiger partial charge in [-0.1, -0.05) is 24.3 Å². The van der Waals surface area contributed by atoms with Gasteiger partial charge in [-0.25, -0.2) is 4.99 Å². The molecular formula is C14H21IN4O. The van der Waals surface area contributed by atoms with Crippen molar-refractivity contribution in [1.29, 1.82) is 0 Å². The molecule has 4 N–H and O–H groups in total. The summed E-state index contributed by atoms with van der Waals surface area (Å²) in [5.74, 6) is 0.257. The van der Waals surface area contributed by atoms with Gasteiger partial charge in [0, 0.05) is 19.2 Å². The zero-order chi connectivity index (χ0) is 14.3. The molecule has 5 nitrogen and oxygen atoms in total. The van der Waals surface area contributed by atoms with Crippen LogP contribution in [0.4, 0.5) is 0 Å². The first-order chi connectivity index (χ1) is 9.02. The molecule has 0 radical (unpaired) electrons. The Labute approximate surface area is 136 Å². The molecule has 0 unspecified atom stereocenters. The monoisotopic (exact) mass is 388 g/mol. The van der Waals surface area contributed by atoms with E-state index in [1.165, 1.54) is 0 Å². The highest BCUT2D eigenvalue weighted by atomic mass is 127. The minimum Gasteiger partial charge on any atom is -0.370 e. The van der Waals surface area contributed by atoms with Crippen molar-refractivity contribution in [2.45, 2.75) is 13.5 Å². The van der Waals surface area contributed by atoms with Crippen LogP contribution in [-0.2, 0) is 6.54 Å². The van der Waals surface area contributed by atoms with Gasteiger partial charge in [-0.3, -0.25) is 4.79 Å². The summed E-state index contributed by atoms with van der Waals surface area (Å²) in [7, 11) is 1.60. The summed E-state index contributed by atoms with van der Waals surface area (Å²) in [6, 6.07) is 7.29. The number of hydrogen-bond acceptors (Lipinski definition) is 2. The van der Waals surface area contributed by atoms with E-state index in [0.717, 1.165) is 11.1 Å². The quantitative estimate of drug-likeness (QED) is 0.311. The maximum atomic E-state index is 11.5. The van der Waals surface area contributed by atoms with Crippen molar-refractivity contribution < 1.29 is 4.79 Å². The Morgan fingerprint density at radius 3 is 2.75 bits per heavy atom. The first-order valence-corrected chi connectivity index (χ1v) is 6.02. The second-order valence-corrected chi connectivity index (χ2v) is 4.29. The molecule has 1 amide bonds. The molecule has 0 atom stereocenters. The third-order valence-corrected chi connectivity index (χ3v) is 2.42. The van der Waals surface area contributed by atoms with Gasteiger partial charge in [-0.05, 0) is 24.6 Å². The molecule has 20 heavy (non-hydrogen) atoms. The summed E-state index contributed by atoms with van der Waals surface area (Å²) in [6.45, 7) is 6.71. The number of nitrogens with one attached hydrogen (secondary N) is 2. The summed E-state index contributed by atoms with van der Waals surface area (Å²) in [6.07, 6.45) is 0. The van der Waals surface area contributed by atoms with Crippen LogP contribution in [0.2, 0.25) is 0 Å². The normalized spacial score (nSPS) is 10.4. The summed E-state index contributed by atoms with van der Waals surface area (Å²) >= 11 is 0. The summed E-state index contributed by atoms with van der Waals surface area (Å²) in [5.41, 5.74) is 8.24. The molecule has 0 aliphatic carbocycles. The maximum absolute atomic E-state index is 11.5. The van der Waals surface area contributed by atoms with Gasteiger partial charge in [0.2, 0.25) is 0 Å². The van der Waals surface area contributed by atoms with Crippen molar-refractivity contribution in [3.8, 4) is 0 Å². The second kappa shape index (κ2) is 9.35. The lowest BCUT2D eigenvalue weighted by Gasteiger charge is -2.05. The third kappa shape index (κ3) is 6.55. The van der Waals surface area contributed by atoms with E-state index in [0.29, 0.717) is 24.6 Å². The fourth-order valence-corrected chi connectivity index (χ4v) is 1.43. The molecule has 0 heterocycles. The van der Waals surface area contributed by atoms with Crippen molar-refractivity contribution in [2.75, 3.05) is 13.6 Å². The van der Waals surface area contributed by atoms with Gasteiger partial charge in [0.1, 0.15) is 0 Å². The van der Waals surface area contributed by atoms with Gasteiger partial charge < -0.3 is 16.4 Å². The van der Waals surface area contributed by atoms with E-state index >= 15 is 0 Å². The Morgan fingerprint density at radius 2 is 2.15 bits per heavy atom. The lowest BCUT2D eigenvalue weighted by atomic mass is 10.1. The van der Waals surface area contributed by atoms with E-state index in [9.17, 15) is 4.79 Å². The van der Waals surface area contributed by atoms with Gasteiger partial charge in [0.15, 0.2) is 5.96 Å². The molecule has 0 aliphatic heterocycles. The zero-order valence-electron chi connectivity index (χ0n) is 11.8. The predicted octanol–water partition coefficient (Wildman–Crippen LogP) is 1.64. The average molecular weight is 388 g/mol. The molecule has 1 rings (SSSR count). The van der Waals surface area contributed by atoms with Crippen LogP contribution >= 0.6 is 24.0 Å². The molecule has 1 aromatic carbocycles. The van der Waals surface area contributed by atoms with Crippen LogP contribution in [-0.4, -0.2) is 25.5 Å². The van der Waals surface area contributed by atoms with E-state index in [4.69, 9.17) is 5.73 Å². The van der Waals surface area contributed by atoms with Gasteiger partial charge in [-0.15, -0.1) is 24.0 Å². The molecule has 0 aromatic heterocycles. The largest absolute Gasteiger partial charge is 0.370 e. The lowest BCUT2D eigenvalue weighted by molar-refractivity contribution is 0.0963. The van der Waals surface area contributed by atoms with Crippen LogP contribution in [0.15, 0.2) is 41.4 Å². The third-order valence-electron chi connectivity index (χ3n) is 2.42. The van der Waals surface area contributed by atoms with E-state index in [-0.39, 0.29) is 29.9 Å². The Balaban J connectivity index is 0.00000361. The summed E-state index contributed by atoms with van der Waals surface area (Å²) in [4.78, 5) is 15.7. The standard InChI is InChI=1S/C14H20N4O.HI/c1-10(2)8-17-14(15)18-9-11-5-4-6-12(7-11)13(19)16-3;/h4-7H,1,8-9H2,2-3H3,(H,16,19)(H3,15,17,18);1H. The van der Waals surface area contributed by atoms with E-state index in [1.54, 1.807) is 19.2 Å². The van der Waals surface area contributed by atoms with Crippen LogP contribution in [0.3, 0.4) is 0 Å². The fourth-order valence-electron chi connectivity index (χ4n) is 1.43. The smallest absolute Gasteiger partial charge is 0.251 e. The van der Waals surface area contributed by atoms with E-state index in [1.807, 2.05) is 19.1 Å². The fraction of sp³-hybridized carbons (Fsp3) is 0.286. The molecule has 1 aromatic rings. The predicted molar refractivity (Wildman–Crippen MR) is 93.4 cm³/mol. The molecule has 0 bridgehead atoms. The number of nitrogens with two attached hydrogens (primary N) is 1. The number of hydrogen-bond donors (Lipinski definition) is 3. The number of aliphatic imine (C=N–C) groups is 1. The number of amides is 1. The van der Waals surface area contributed by atoms with Crippen LogP contribution in [0.5, 0.6) is 0 Å². The van der Waals surface area contributed by atoms with Crippen LogP contribution in [0.25, 0.3) is 0 Å². The van der Waals surface area contributed by atoms with Gasteiger partial charge in [-0.2, -0.15) is 0 Å². The number of guanidine groups is 1. The minimum atomic E-state index is -0.112. The lowest BCUT2D eigenvalue weighted by Crippen LogP contribution is -2.32. The number of nitrogens with zero attached hydrogens (tertiary/aromatic N) is 1. The van der Waals surface area contributed by atoms with E-state index in [2.05, 4.69) is 22.2 Å². The Morgan fingerprint density at radius 1 is 1.45 bits per heavy atom. The highest BCUT2D eigenvalue weighted by molar-refractivity contribution is 14.0. The van der Waals surface area contributed by atoms with E-state index < -0.39 is 0 Å². The highest BCUT2D eigenvalue weighted by Gasteiger charge is 2.03. The molecule has 0 aliphatic rings.